The van der Waals surface area contributed by atoms with Crippen LogP contribution in [0.2, 0.25) is 10.0 Å². The number of nitrogens with zero attached hydrogens (tertiary/aromatic N) is 1. The normalized spacial score (nSPS) is 17.4. The molecule has 1 N–H and O–H groups in total. The quantitative estimate of drug-likeness (QED) is 0.828. The zero-order valence-electron chi connectivity index (χ0n) is 11.3. The molecule has 0 unspecified atom stereocenters. The highest BCUT2D eigenvalue weighted by molar-refractivity contribution is 6.35. The predicted octanol–water partition coefficient (Wildman–Crippen LogP) is 3.96. The first-order chi connectivity index (χ1) is 9.27. The number of likely N-dealkylation sites (tertiary alicyclic amines) is 1. The Hall–Kier alpha value is -0.280. The van der Waals surface area contributed by atoms with Gasteiger partial charge in [0.05, 0.1) is 0 Å². The maximum Gasteiger partial charge on any atom is 0.0465 e. The number of hydrogen-bond acceptors (Lipinski definition) is 2. The minimum Gasteiger partial charge on any atom is -0.311 e. The van der Waals surface area contributed by atoms with E-state index in [9.17, 15) is 0 Å². The van der Waals surface area contributed by atoms with E-state index in [4.69, 9.17) is 23.2 Å². The zero-order valence-corrected chi connectivity index (χ0v) is 12.8. The summed E-state index contributed by atoms with van der Waals surface area (Å²) >= 11 is 12.3. The van der Waals surface area contributed by atoms with Crippen molar-refractivity contribution in [3.63, 3.8) is 0 Å². The van der Waals surface area contributed by atoms with Crippen LogP contribution in [0.5, 0.6) is 0 Å². The lowest BCUT2D eigenvalue weighted by atomic mass is 10.2. The van der Waals surface area contributed by atoms with E-state index >= 15 is 0 Å². The Labute approximate surface area is 126 Å². The van der Waals surface area contributed by atoms with Gasteiger partial charge in [-0.1, -0.05) is 42.1 Å². The van der Waals surface area contributed by atoms with Crippen molar-refractivity contribution >= 4 is 23.2 Å². The summed E-state index contributed by atoms with van der Waals surface area (Å²) in [6.45, 7) is 5.33. The molecule has 0 aliphatic carbocycles. The van der Waals surface area contributed by atoms with Gasteiger partial charge in [0.25, 0.3) is 0 Å². The van der Waals surface area contributed by atoms with E-state index in [0.717, 1.165) is 35.2 Å². The summed E-state index contributed by atoms with van der Waals surface area (Å²) in [4.78, 5) is 2.55. The third-order valence-corrected chi connectivity index (χ3v) is 4.38. The second kappa shape index (κ2) is 8.11. The van der Waals surface area contributed by atoms with Crippen LogP contribution < -0.4 is 5.32 Å². The van der Waals surface area contributed by atoms with Gasteiger partial charge in [0.2, 0.25) is 0 Å². The fourth-order valence-electron chi connectivity index (χ4n) is 2.51. The largest absolute Gasteiger partial charge is 0.311 e. The maximum absolute atomic E-state index is 6.14. The molecule has 2 nitrogen and oxygen atoms in total. The summed E-state index contributed by atoms with van der Waals surface area (Å²) in [6, 6.07) is 5.66. The predicted molar refractivity (Wildman–Crippen MR) is 83.1 cm³/mol. The van der Waals surface area contributed by atoms with Crippen LogP contribution in [0.1, 0.15) is 31.2 Å². The van der Waals surface area contributed by atoms with Crippen LogP contribution in [0.3, 0.4) is 0 Å². The molecule has 2 rings (SSSR count). The van der Waals surface area contributed by atoms with E-state index in [-0.39, 0.29) is 0 Å². The molecule has 0 aromatic heterocycles. The van der Waals surface area contributed by atoms with Crippen LogP contribution in [0.25, 0.3) is 0 Å². The zero-order chi connectivity index (χ0) is 13.5. The van der Waals surface area contributed by atoms with Gasteiger partial charge in [0.15, 0.2) is 0 Å². The summed E-state index contributed by atoms with van der Waals surface area (Å²) in [5.74, 6) is 0. The van der Waals surface area contributed by atoms with Crippen molar-refractivity contribution in [1.29, 1.82) is 0 Å². The number of nitrogens with one attached hydrogen (secondary N) is 1. The molecule has 0 bridgehead atoms. The van der Waals surface area contributed by atoms with Crippen LogP contribution in [0, 0.1) is 0 Å². The summed E-state index contributed by atoms with van der Waals surface area (Å²) in [6.07, 6.45) is 5.46. The summed E-state index contributed by atoms with van der Waals surface area (Å²) in [5.41, 5.74) is 1.00. The van der Waals surface area contributed by atoms with Gasteiger partial charge in [-0.05, 0) is 38.1 Å². The monoisotopic (exact) mass is 300 g/mol. The van der Waals surface area contributed by atoms with E-state index in [1.807, 2.05) is 18.2 Å². The lowest BCUT2D eigenvalue weighted by Crippen LogP contribution is -2.32. The number of rotatable bonds is 5. The lowest BCUT2D eigenvalue weighted by Gasteiger charge is -2.20. The second-order valence-corrected chi connectivity index (χ2v) is 5.95. The topological polar surface area (TPSA) is 15.3 Å². The summed E-state index contributed by atoms with van der Waals surface area (Å²) < 4.78 is 0. The molecular weight excluding hydrogens is 279 g/mol. The number of hydrogen-bond donors (Lipinski definition) is 1. The molecule has 0 saturated carbocycles. The van der Waals surface area contributed by atoms with Gasteiger partial charge in [-0.25, -0.2) is 0 Å². The molecule has 0 atom stereocenters. The van der Waals surface area contributed by atoms with Gasteiger partial charge in [-0.15, -0.1) is 0 Å². The standard InChI is InChI=1S/C15H22Cl2N2/c16-14-6-5-7-15(17)13(14)12-18-8-11-19-9-3-1-2-4-10-19/h5-7,18H,1-4,8-12H2. The smallest absolute Gasteiger partial charge is 0.0465 e. The van der Waals surface area contributed by atoms with Gasteiger partial charge in [-0.3, -0.25) is 0 Å². The minimum absolute atomic E-state index is 0.742. The van der Waals surface area contributed by atoms with E-state index in [1.54, 1.807) is 0 Å². The van der Waals surface area contributed by atoms with Gasteiger partial charge in [0.1, 0.15) is 0 Å². The van der Waals surface area contributed by atoms with Crippen molar-refractivity contribution in [3.8, 4) is 0 Å². The molecule has 106 valence electrons. The average molecular weight is 301 g/mol. The number of benzene rings is 1. The van der Waals surface area contributed by atoms with Crippen molar-refractivity contribution in [2.45, 2.75) is 32.2 Å². The van der Waals surface area contributed by atoms with Crippen LogP contribution in [-0.2, 0) is 6.54 Å². The van der Waals surface area contributed by atoms with Gasteiger partial charge in [0, 0.05) is 35.2 Å². The van der Waals surface area contributed by atoms with Crippen LogP contribution in [-0.4, -0.2) is 31.1 Å². The highest BCUT2D eigenvalue weighted by Gasteiger charge is 2.09. The Morgan fingerprint density at radius 2 is 1.63 bits per heavy atom. The Morgan fingerprint density at radius 3 is 2.26 bits per heavy atom. The molecule has 1 aliphatic heterocycles. The van der Waals surface area contributed by atoms with Crippen molar-refractivity contribution in [2.24, 2.45) is 0 Å². The molecule has 1 heterocycles. The SMILES string of the molecule is Clc1cccc(Cl)c1CNCCN1CCCCCC1. The second-order valence-electron chi connectivity index (χ2n) is 5.13. The molecule has 0 spiro atoms. The van der Waals surface area contributed by atoms with Crippen molar-refractivity contribution < 1.29 is 0 Å². The fourth-order valence-corrected chi connectivity index (χ4v) is 3.04. The first kappa shape index (κ1) is 15.1. The molecule has 0 amide bonds. The van der Waals surface area contributed by atoms with E-state index in [2.05, 4.69) is 10.2 Å². The molecule has 19 heavy (non-hydrogen) atoms. The van der Waals surface area contributed by atoms with Crippen molar-refractivity contribution in [1.82, 2.24) is 10.2 Å². The summed E-state index contributed by atoms with van der Waals surface area (Å²) in [7, 11) is 0. The third kappa shape index (κ3) is 4.96. The molecule has 1 saturated heterocycles. The van der Waals surface area contributed by atoms with Crippen molar-refractivity contribution in [2.75, 3.05) is 26.2 Å². The van der Waals surface area contributed by atoms with Crippen molar-refractivity contribution in [3.05, 3.63) is 33.8 Å². The van der Waals surface area contributed by atoms with E-state index in [1.165, 1.54) is 38.8 Å². The Kier molecular flexibility index (Phi) is 6.45. The highest BCUT2D eigenvalue weighted by Crippen LogP contribution is 2.23. The van der Waals surface area contributed by atoms with Gasteiger partial charge in [-0.2, -0.15) is 0 Å². The third-order valence-electron chi connectivity index (χ3n) is 3.67. The summed E-state index contributed by atoms with van der Waals surface area (Å²) in [5, 5.41) is 4.93. The molecule has 4 heteroatoms. The first-order valence-corrected chi connectivity index (χ1v) is 7.89. The molecular formula is C15H22Cl2N2. The molecule has 1 aromatic rings. The lowest BCUT2D eigenvalue weighted by molar-refractivity contribution is 0.284. The maximum atomic E-state index is 6.14. The van der Waals surface area contributed by atoms with Gasteiger partial charge >= 0.3 is 0 Å². The average Bonchev–Trinajstić information content (AvgIpc) is 2.66. The van der Waals surface area contributed by atoms with E-state index < -0.39 is 0 Å². The molecule has 0 radical (unpaired) electrons. The van der Waals surface area contributed by atoms with Gasteiger partial charge < -0.3 is 10.2 Å². The highest BCUT2D eigenvalue weighted by atomic mass is 35.5. The van der Waals surface area contributed by atoms with Crippen LogP contribution in [0.15, 0.2) is 18.2 Å². The van der Waals surface area contributed by atoms with Crippen LogP contribution in [0.4, 0.5) is 0 Å². The molecule has 1 fully saturated rings. The minimum atomic E-state index is 0.742. The van der Waals surface area contributed by atoms with Crippen LogP contribution >= 0.6 is 23.2 Å². The Balaban J connectivity index is 1.71. The molecule has 1 aromatic carbocycles. The number of halogens is 2. The molecule has 1 aliphatic rings. The fraction of sp³-hybridized carbons (Fsp3) is 0.600. The Morgan fingerprint density at radius 1 is 1.00 bits per heavy atom. The Bertz CT molecular complexity index is 367. The first-order valence-electron chi connectivity index (χ1n) is 7.13. The van der Waals surface area contributed by atoms with E-state index in [0.29, 0.717) is 0 Å².